The lowest BCUT2D eigenvalue weighted by Crippen LogP contribution is -2.01. The van der Waals surface area contributed by atoms with E-state index in [0.29, 0.717) is 35.0 Å². The summed E-state index contributed by atoms with van der Waals surface area (Å²) in [5.41, 5.74) is 1.18. The highest BCUT2D eigenvalue weighted by Gasteiger charge is 2.16. The van der Waals surface area contributed by atoms with Crippen LogP contribution in [0.5, 0.6) is 5.75 Å². The van der Waals surface area contributed by atoms with Crippen LogP contribution in [-0.2, 0) is 22.1 Å². The first-order valence-corrected chi connectivity index (χ1v) is 8.62. The van der Waals surface area contributed by atoms with Crippen LogP contribution in [0.2, 0.25) is 0 Å². The maximum Gasteiger partial charge on any atom is 0.264 e. The minimum Gasteiger partial charge on any atom is -0.483 e. The molecule has 0 atom stereocenters. The van der Waals surface area contributed by atoms with Crippen molar-refractivity contribution in [2.24, 2.45) is 0 Å². The molecule has 1 aromatic carbocycles. The maximum atomic E-state index is 11.4. The molecule has 0 saturated carbocycles. The van der Waals surface area contributed by atoms with Gasteiger partial charge in [0.2, 0.25) is 0 Å². The Morgan fingerprint density at radius 3 is 2.57 bits per heavy atom. The summed E-state index contributed by atoms with van der Waals surface area (Å²) in [5, 5.41) is 3.77. The minimum absolute atomic E-state index is 0.0834. The van der Waals surface area contributed by atoms with Crippen molar-refractivity contribution in [2.45, 2.75) is 38.7 Å². The van der Waals surface area contributed by atoms with Gasteiger partial charge in [-0.3, -0.25) is 0 Å². The van der Waals surface area contributed by atoms with Crippen molar-refractivity contribution in [3.63, 3.8) is 0 Å². The fourth-order valence-corrected chi connectivity index (χ4v) is 3.07. The predicted molar refractivity (Wildman–Crippen MR) is 77.0 cm³/mol. The van der Waals surface area contributed by atoms with E-state index in [-0.39, 0.29) is 11.5 Å². The quantitative estimate of drug-likeness (QED) is 0.784. The Morgan fingerprint density at radius 2 is 2.00 bits per heavy atom. The molecule has 0 saturated heterocycles. The maximum absolute atomic E-state index is 11.4. The van der Waals surface area contributed by atoms with Gasteiger partial charge >= 0.3 is 0 Å². The molecular formula is C13H15ClN2O4S. The van der Waals surface area contributed by atoms with E-state index in [1.807, 2.05) is 6.92 Å². The summed E-state index contributed by atoms with van der Waals surface area (Å²) < 4.78 is 33.5. The van der Waals surface area contributed by atoms with Crippen LogP contribution >= 0.6 is 10.7 Å². The number of nitrogens with zero attached hydrogens (tertiary/aromatic N) is 2. The molecule has 21 heavy (non-hydrogen) atoms. The SMILES string of the molecule is CCc1noc(COc2cc(C)c(S(=O)(=O)Cl)cc2C)n1. The summed E-state index contributed by atoms with van der Waals surface area (Å²) in [4.78, 5) is 4.22. The zero-order chi connectivity index (χ0) is 15.6. The lowest BCUT2D eigenvalue weighted by atomic mass is 10.1. The number of rotatable bonds is 5. The Hall–Kier alpha value is -1.60. The van der Waals surface area contributed by atoms with Gasteiger partial charge in [0, 0.05) is 17.1 Å². The summed E-state index contributed by atoms with van der Waals surface area (Å²) in [6.45, 7) is 5.45. The number of aryl methyl sites for hydroxylation is 3. The average molecular weight is 331 g/mol. The molecule has 1 heterocycles. The molecule has 8 heteroatoms. The molecule has 0 fully saturated rings. The zero-order valence-electron chi connectivity index (χ0n) is 11.9. The van der Waals surface area contributed by atoms with Gasteiger partial charge in [-0.25, -0.2) is 8.42 Å². The summed E-state index contributed by atoms with van der Waals surface area (Å²) >= 11 is 0. The Balaban J connectivity index is 2.19. The van der Waals surface area contributed by atoms with Gasteiger partial charge in [-0.1, -0.05) is 12.1 Å². The third-order valence-electron chi connectivity index (χ3n) is 2.91. The Morgan fingerprint density at radius 1 is 1.29 bits per heavy atom. The van der Waals surface area contributed by atoms with Crippen LogP contribution in [0.1, 0.15) is 29.8 Å². The van der Waals surface area contributed by atoms with E-state index in [0.717, 1.165) is 0 Å². The molecule has 6 nitrogen and oxygen atoms in total. The van der Waals surface area contributed by atoms with Gasteiger partial charge < -0.3 is 9.26 Å². The first-order valence-electron chi connectivity index (χ1n) is 6.31. The van der Waals surface area contributed by atoms with Crippen LogP contribution in [0.4, 0.5) is 0 Å². The van der Waals surface area contributed by atoms with Crippen molar-refractivity contribution in [1.29, 1.82) is 0 Å². The first-order chi connectivity index (χ1) is 9.81. The zero-order valence-corrected chi connectivity index (χ0v) is 13.5. The molecule has 114 valence electrons. The summed E-state index contributed by atoms with van der Waals surface area (Å²) in [5.74, 6) is 1.54. The van der Waals surface area contributed by atoms with Gasteiger partial charge in [-0.15, -0.1) is 0 Å². The Bertz CT molecular complexity index is 756. The van der Waals surface area contributed by atoms with Gasteiger partial charge in [-0.2, -0.15) is 4.98 Å². The summed E-state index contributed by atoms with van der Waals surface area (Å²) in [6.07, 6.45) is 0.684. The number of halogens is 1. The van der Waals surface area contributed by atoms with Crippen molar-refractivity contribution < 1.29 is 17.7 Å². The van der Waals surface area contributed by atoms with Crippen LogP contribution in [-0.4, -0.2) is 18.6 Å². The van der Waals surface area contributed by atoms with Crippen molar-refractivity contribution in [3.8, 4) is 5.75 Å². The molecule has 0 spiro atoms. The third-order valence-corrected chi connectivity index (χ3v) is 4.38. The van der Waals surface area contributed by atoms with Crippen LogP contribution in [0.15, 0.2) is 21.6 Å². The number of benzene rings is 1. The van der Waals surface area contributed by atoms with E-state index in [4.69, 9.17) is 19.9 Å². The van der Waals surface area contributed by atoms with E-state index >= 15 is 0 Å². The lowest BCUT2D eigenvalue weighted by Gasteiger charge is -2.10. The molecule has 2 aromatic rings. The number of hydrogen-bond acceptors (Lipinski definition) is 6. The van der Waals surface area contributed by atoms with Gasteiger partial charge in [0.25, 0.3) is 14.9 Å². The fraction of sp³-hybridized carbons (Fsp3) is 0.385. The molecule has 0 N–H and O–H groups in total. The third kappa shape index (κ3) is 3.74. The van der Waals surface area contributed by atoms with Gasteiger partial charge in [0.1, 0.15) is 5.75 Å². The number of ether oxygens (including phenoxy) is 1. The molecule has 0 unspecified atom stereocenters. The lowest BCUT2D eigenvalue weighted by molar-refractivity contribution is 0.241. The highest BCUT2D eigenvalue weighted by atomic mass is 35.7. The van der Waals surface area contributed by atoms with E-state index in [1.165, 1.54) is 6.07 Å². The van der Waals surface area contributed by atoms with E-state index in [9.17, 15) is 8.42 Å². The topological polar surface area (TPSA) is 82.3 Å². The second-order valence-corrected chi connectivity index (χ2v) is 7.10. The smallest absolute Gasteiger partial charge is 0.264 e. The molecule has 2 rings (SSSR count). The van der Waals surface area contributed by atoms with E-state index < -0.39 is 9.05 Å². The Labute approximate surface area is 127 Å². The molecular weight excluding hydrogens is 316 g/mol. The molecule has 1 aromatic heterocycles. The van der Waals surface area contributed by atoms with Gasteiger partial charge in [-0.05, 0) is 37.1 Å². The summed E-state index contributed by atoms with van der Waals surface area (Å²) in [6, 6.07) is 3.11. The molecule has 0 aliphatic carbocycles. The van der Waals surface area contributed by atoms with Crippen molar-refractivity contribution in [2.75, 3.05) is 0 Å². The molecule has 0 aliphatic rings. The highest BCUT2D eigenvalue weighted by Crippen LogP contribution is 2.28. The van der Waals surface area contributed by atoms with Gasteiger partial charge in [0.05, 0.1) is 4.90 Å². The molecule has 0 bridgehead atoms. The van der Waals surface area contributed by atoms with E-state index in [2.05, 4.69) is 10.1 Å². The monoisotopic (exact) mass is 330 g/mol. The van der Waals surface area contributed by atoms with Crippen LogP contribution < -0.4 is 4.74 Å². The van der Waals surface area contributed by atoms with Crippen molar-refractivity contribution in [1.82, 2.24) is 10.1 Å². The summed E-state index contributed by atoms with van der Waals surface area (Å²) in [7, 11) is 1.61. The molecule has 0 amide bonds. The van der Waals surface area contributed by atoms with E-state index in [1.54, 1.807) is 19.9 Å². The fourth-order valence-electron chi connectivity index (χ4n) is 1.81. The molecule has 0 aliphatic heterocycles. The number of hydrogen-bond donors (Lipinski definition) is 0. The van der Waals surface area contributed by atoms with Crippen molar-refractivity contribution >= 4 is 19.7 Å². The predicted octanol–water partition coefficient (Wildman–Crippen LogP) is 2.76. The number of aromatic nitrogens is 2. The largest absolute Gasteiger partial charge is 0.483 e. The highest BCUT2D eigenvalue weighted by molar-refractivity contribution is 8.13. The second kappa shape index (κ2) is 6.03. The van der Waals surface area contributed by atoms with Crippen LogP contribution in [0, 0.1) is 13.8 Å². The second-order valence-electron chi connectivity index (χ2n) is 4.57. The Kier molecular flexibility index (Phi) is 4.53. The van der Waals surface area contributed by atoms with Crippen LogP contribution in [0.3, 0.4) is 0 Å². The van der Waals surface area contributed by atoms with Crippen molar-refractivity contribution in [3.05, 3.63) is 35.0 Å². The standard InChI is InChI=1S/C13H15ClN2O4S/c1-4-12-15-13(20-16-12)7-19-10-5-9(3)11(6-8(10)2)21(14,17)18/h5-6H,4,7H2,1-3H3. The normalized spacial score (nSPS) is 11.6. The van der Waals surface area contributed by atoms with Crippen LogP contribution in [0.25, 0.3) is 0 Å². The average Bonchev–Trinajstić information content (AvgIpc) is 2.86. The minimum atomic E-state index is -3.76. The molecule has 0 radical (unpaired) electrons. The first kappa shape index (κ1) is 15.8. The van der Waals surface area contributed by atoms with Gasteiger partial charge in [0.15, 0.2) is 12.4 Å².